The van der Waals surface area contributed by atoms with Gasteiger partial charge in [0, 0.05) is 23.2 Å². The quantitative estimate of drug-likeness (QED) is 0.838. The van der Waals surface area contributed by atoms with Crippen molar-refractivity contribution in [1.29, 1.82) is 0 Å². The van der Waals surface area contributed by atoms with E-state index < -0.39 is 0 Å². The lowest BCUT2D eigenvalue weighted by Crippen LogP contribution is -2.42. The first-order valence-electron chi connectivity index (χ1n) is 5.01. The van der Waals surface area contributed by atoms with E-state index in [1.165, 1.54) is 6.07 Å². The Morgan fingerprint density at radius 2 is 2.40 bits per heavy atom. The molecular formula is C11H13ClFNO. The molecule has 1 aromatic carbocycles. The maximum atomic E-state index is 13.5. The first-order valence-corrected chi connectivity index (χ1v) is 5.39. The standard InChI is InChI=1S/C11H13ClFNO/c12-10-2-1-3-11(13)9(10)6-8-7-15-5-4-14-8/h1-3,8,14H,4-7H2. The summed E-state index contributed by atoms with van der Waals surface area (Å²) >= 11 is 5.94. The van der Waals surface area contributed by atoms with Crippen LogP contribution in [0.5, 0.6) is 0 Å². The zero-order valence-corrected chi connectivity index (χ0v) is 9.06. The van der Waals surface area contributed by atoms with Crippen LogP contribution in [-0.4, -0.2) is 25.8 Å². The van der Waals surface area contributed by atoms with Gasteiger partial charge >= 0.3 is 0 Å². The smallest absolute Gasteiger partial charge is 0.127 e. The maximum absolute atomic E-state index is 13.5. The molecule has 1 atom stereocenters. The SMILES string of the molecule is Fc1cccc(Cl)c1CC1COCCN1. The Bertz CT molecular complexity index is 319. The fraction of sp³-hybridized carbons (Fsp3) is 0.455. The van der Waals surface area contributed by atoms with Crippen LogP contribution in [0.4, 0.5) is 4.39 Å². The van der Waals surface area contributed by atoms with E-state index in [1.807, 2.05) is 0 Å². The summed E-state index contributed by atoms with van der Waals surface area (Å²) in [5, 5.41) is 3.76. The largest absolute Gasteiger partial charge is 0.379 e. The molecule has 0 radical (unpaired) electrons. The second kappa shape index (κ2) is 4.92. The third kappa shape index (κ3) is 2.68. The Kier molecular flexibility index (Phi) is 3.57. The maximum Gasteiger partial charge on any atom is 0.127 e. The summed E-state index contributed by atoms with van der Waals surface area (Å²) in [6, 6.07) is 4.92. The molecule has 15 heavy (non-hydrogen) atoms. The van der Waals surface area contributed by atoms with Crippen molar-refractivity contribution in [3.63, 3.8) is 0 Å². The molecule has 82 valence electrons. The highest BCUT2D eigenvalue weighted by Gasteiger charge is 2.17. The summed E-state index contributed by atoms with van der Waals surface area (Å²) < 4.78 is 18.8. The molecule has 2 rings (SSSR count). The van der Waals surface area contributed by atoms with Gasteiger partial charge in [-0.2, -0.15) is 0 Å². The van der Waals surface area contributed by atoms with Gasteiger partial charge in [-0.25, -0.2) is 4.39 Å². The van der Waals surface area contributed by atoms with Gasteiger partial charge in [-0.05, 0) is 18.6 Å². The molecule has 0 spiro atoms. The van der Waals surface area contributed by atoms with Crippen molar-refractivity contribution in [2.24, 2.45) is 0 Å². The minimum Gasteiger partial charge on any atom is -0.379 e. The number of halogens is 2. The first kappa shape index (κ1) is 10.9. The topological polar surface area (TPSA) is 21.3 Å². The molecule has 1 N–H and O–H groups in total. The second-order valence-corrected chi connectivity index (χ2v) is 4.04. The zero-order valence-electron chi connectivity index (χ0n) is 8.30. The molecule has 0 aliphatic carbocycles. The summed E-state index contributed by atoms with van der Waals surface area (Å²) in [5.74, 6) is -0.241. The van der Waals surface area contributed by atoms with Gasteiger partial charge in [0.05, 0.1) is 13.2 Å². The highest BCUT2D eigenvalue weighted by molar-refractivity contribution is 6.31. The number of ether oxygens (including phenoxy) is 1. The second-order valence-electron chi connectivity index (χ2n) is 3.63. The predicted octanol–water partition coefficient (Wildman–Crippen LogP) is 2.01. The molecule has 0 aromatic heterocycles. The van der Waals surface area contributed by atoms with E-state index in [0.717, 1.165) is 13.2 Å². The highest BCUT2D eigenvalue weighted by Crippen LogP contribution is 2.20. The third-order valence-corrected chi connectivity index (χ3v) is 2.86. The molecule has 0 amide bonds. The van der Waals surface area contributed by atoms with Crippen LogP contribution in [0.25, 0.3) is 0 Å². The van der Waals surface area contributed by atoms with Crippen LogP contribution in [0.2, 0.25) is 5.02 Å². The van der Waals surface area contributed by atoms with Gasteiger partial charge in [0.25, 0.3) is 0 Å². The normalized spacial score (nSPS) is 21.6. The van der Waals surface area contributed by atoms with Gasteiger partial charge in [0.1, 0.15) is 5.82 Å². The number of benzene rings is 1. The van der Waals surface area contributed by atoms with Gasteiger partial charge in [-0.1, -0.05) is 17.7 Å². The van der Waals surface area contributed by atoms with Crippen molar-refractivity contribution in [3.8, 4) is 0 Å². The molecule has 1 aliphatic rings. The molecule has 2 nitrogen and oxygen atoms in total. The van der Waals surface area contributed by atoms with E-state index in [1.54, 1.807) is 12.1 Å². The van der Waals surface area contributed by atoms with Gasteiger partial charge in [0.15, 0.2) is 0 Å². The van der Waals surface area contributed by atoms with Crippen molar-refractivity contribution in [2.45, 2.75) is 12.5 Å². The van der Waals surface area contributed by atoms with Crippen molar-refractivity contribution in [3.05, 3.63) is 34.6 Å². The molecule has 1 fully saturated rings. The van der Waals surface area contributed by atoms with Crippen LogP contribution in [0.1, 0.15) is 5.56 Å². The van der Waals surface area contributed by atoms with Crippen LogP contribution >= 0.6 is 11.6 Å². The highest BCUT2D eigenvalue weighted by atomic mass is 35.5. The average Bonchev–Trinajstić information content (AvgIpc) is 2.25. The van der Waals surface area contributed by atoms with E-state index in [9.17, 15) is 4.39 Å². The summed E-state index contributed by atoms with van der Waals surface area (Å²) in [6.45, 7) is 2.16. The molecule has 1 heterocycles. The average molecular weight is 230 g/mol. The van der Waals surface area contributed by atoms with Gasteiger partial charge < -0.3 is 10.1 Å². The number of hydrogen-bond acceptors (Lipinski definition) is 2. The van der Waals surface area contributed by atoms with Crippen molar-refractivity contribution in [2.75, 3.05) is 19.8 Å². The predicted molar refractivity (Wildman–Crippen MR) is 57.7 cm³/mol. The molecule has 4 heteroatoms. The van der Waals surface area contributed by atoms with Gasteiger partial charge in [-0.15, -0.1) is 0 Å². The Morgan fingerprint density at radius 1 is 1.53 bits per heavy atom. The van der Waals surface area contributed by atoms with Crippen LogP contribution in [0, 0.1) is 5.82 Å². The molecule has 1 saturated heterocycles. The fourth-order valence-electron chi connectivity index (χ4n) is 1.72. The number of rotatable bonds is 2. The Labute approximate surface area is 93.4 Å². The molecule has 1 unspecified atom stereocenters. The van der Waals surface area contributed by atoms with E-state index in [0.29, 0.717) is 23.6 Å². The minimum absolute atomic E-state index is 0.160. The van der Waals surface area contributed by atoms with Crippen LogP contribution < -0.4 is 5.32 Å². The van der Waals surface area contributed by atoms with Gasteiger partial charge in [0.2, 0.25) is 0 Å². The summed E-state index contributed by atoms with van der Waals surface area (Å²) in [4.78, 5) is 0. The molecule has 1 aliphatic heterocycles. The lowest BCUT2D eigenvalue weighted by atomic mass is 10.1. The van der Waals surface area contributed by atoms with Crippen molar-refractivity contribution < 1.29 is 9.13 Å². The molecule has 1 aromatic rings. The molecular weight excluding hydrogens is 217 g/mol. The van der Waals surface area contributed by atoms with E-state index >= 15 is 0 Å². The lowest BCUT2D eigenvalue weighted by Gasteiger charge is -2.24. The summed E-state index contributed by atoms with van der Waals surface area (Å²) in [6.07, 6.45) is 0.575. The van der Waals surface area contributed by atoms with E-state index in [4.69, 9.17) is 16.3 Å². The minimum atomic E-state index is -0.241. The lowest BCUT2D eigenvalue weighted by molar-refractivity contribution is 0.0768. The third-order valence-electron chi connectivity index (χ3n) is 2.51. The molecule has 0 bridgehead atoms. The Balaban J connectivity index is 2.09. The number of nitrogens with one attached hydrogen (secondary N) is 1. The Morgan fingerprint density at radius 3 is 3.07 bits per heavy atom. The van der Waals surface area contributed by atoms with E-state index in [2.05, 4.69) is 5.32 Å². The number of morpholine rings is 1. The zero-order chi connectivity index (χ0) is 10.7. The monoisotopic (exact) mass is 229 g/mol. The van der Waals surface area contributed by atoms with E-state index in [-0.39, 0.29) is 11.9 Å². The number of hydrogen-bond donors (Lipinski definition) is 1. The first-order chi connectivity index (χ1) is 7.27. The summed E-state index contributed by atoms with van der Waals surface area (Å²) in [7, 11) is 0. The van der Waals surface area contributed by atoms with Gasteiger partial charge in [-0.3, -0.25) is 0 Å². The molecule has 0 saturated carbocycles. The van der Waals surface area contributed by atoms with Crippen LogP contribution in [0.3, 0.4) is 0 Å². The Hall–Kier alpha value is -0.640. The van der Waals surface area contributed by atoms with Crippen molar-refractivity contribution >= 4 is 11.6 Å². The fourth-order valence-corrected chi connectivity index (χ4v) is 1.96. The summed E-state index contributed by atoms with van der Waals surface area (Å²) in [5.41, 5.74) is 0.571. The van der Waals surface area contributed by atoms with Crippen molar-refractivity contribution in [1.82, 2.24) is 5.32 Å². The van der Waals surface area contributed by atoms with Crippen LogP contribution in [-0.2, 0) is 11.2 Å². The van der Waals surface area contributed by atoms with Crippen LogP contribution in [0.15, 0.2) is 18.2 Å².